The number of methoxy groups -OCH3 is 1. The summed E-state index contributed by atoms with van der Waals surface area (Å²) in [7, 11) is 1.55. The number of imide groups is 1. The zero-order valence-electron chi connectivity index (χ0n) is 17.3. The van der Waals surface area contributed by atoms with Crippen molar-refractivity contribution in [2.75, 3.05) is 19.0 Å². The molecule has 30 heavy (non-hydrogen) atoms. The van der Waals surface area contributed by atoms with Crippen LogP contribution in [-0.4, -0.2) is 36.4 Å². The molecule has 0 bridgehead atoms. The van der Waals surface area contributed by atoms with E-state index in [1.807, 2.05) is 19.9 Å². The van der Waals surface area contributed by atoms with Crippen molar-refractivity contribution in [3.05, 3.63) is 58.1 Å². The maximum atomic E-state index is 13.2. The molecule has 8 heteroatoms. The summed E-state index contributed by atoms with van der Waals surface area (Å²) in [6.07, 6.45) is 0.338. The lowest BCUT2D eigenvalue weighted by Crippen LogP contribution is -2.44. The summed E-state index contributed by atoms with van der Waals surface area (Å²) < 4.78 is 5.16. The highest BCUT2D eigenvalue weighted by molar-refractivity contribution is 6.34. The Morgan fingerprint density at radius 3 is 2.43 bits per heavy atom. The minimum Gasteiger partial charge on any atom is -0.497 e. The summed E-state index contributed by atoms with van der Waals surface area (Å²) >= 11 is 6.24. The molecule has 2 aromatic carbocycles. The van der Waals surface area contributed by atoms with E-state index in [9.17, 15) is 14.4 Å². The molecule has 158 valence electrons. The van der Waals surface area contributed by atoms with Crippen LogP contribution in [-0.2, 0) is 15.1 Å². The first-order valence-corrected chi connectivity index (χ1v) is 9.95. The molecule has 4 amide bonds. The van der Waals surface area contributed by atoms with Gasteiger partial charge in [0.2, 0.25) is 5.91 Å². The highest BCUT2D eigenvalue weighted by atomic mass is 35.5. The van der Waals surface area contributed by atoms with E-state index in [-0.39, 0.29) is 0 Å². The van der Waals surface area contributed by atoms with Gasteiger partial charge in [0.05, 0.1) is 17.8 Å². The molecule has 0 spiro atoms. The monoisotopic (exact) mass is 429 g/mol. The molecule has 2 aromatic rings. The number of hydrogen-bond acceptors (Lipinski definition) is 4. The number of nitrogens with one attached hydrogen (secondary N) is 2. The third kappa shape index (κ3) is 3.85. The second-order valence-corrected chi connectivity index (χ2v) is 7.70. The van der Waals surface area contributed by atoms with Crippen LogP contribution in [0.5, 0.6) is 5.75 Å². The predicted molar refractivity (Wildman–Crippen MR) is 115 cm³/mol. The van der Waals surface area contributed by atoms with Gasteiger partial charge in [-0.2, -0.15) is 0 Å². The number of carbonyl (C=O) groups is 3. The Hall–Kier alpha value is -3.06. The van der Waals surface area contributed by atoms with Crippen LogP contribution in [0.3, 0.4) is 0 Å². The molecule has 2 N–H and O–H groups in total. The smallest absolute Gasteiger partial charge is 0.325 e. The Labute approximate surface area is 180 Å². The Bertz CT molecular complexity index is 983. The molecule has 0 aromatic heterocycles. The van der Waals surface area contributed by atoms with Gasteiger partial charge < -0.3 is 15.4 Å². The zero-order chi connectivity index (χ0) is 22.1. The third-order valence-corrected chi connectivity index (χ3v) is 5.58. The topological polar surface area (TPSA) is 87.7 Å². The first-order valence-electron chi connectivity index (χ1n) is 9.57. The summed E-state index contributed by atoms with van der Waals surface area (Å²) in [6, 6.07) is 9.94. The van der Waals surface area contributed by atoms with Crippen LogP contribution >= 0.6 is 11.6 Å². The minimum atomic E-state index is -1.22. The fraction of sp³-hybridized carbons (Fsp3) is 0.318. The summed E-state index contributed by atoms with van der Waals surface area (Å²) in [5.41, 5.74) is 1.64. The van der Waals surface area contributed by atoms with Crippen molar-refractivity contribution in [1.82, 2.24) is 10.2 Å². The van der Waals surface area contributed by atoms with Crippen LogP contribution < -0.4 is 15.4 Å². The Morgan fingerprint density at radius 1 is 1.20 bits per heavy atom. The van der Waals surface area contributed by atoms with Gasteiger partial charge in [0.1, 0.15) is 17.8 Å². The molecule has 1 saturated heterocycles. The van der Waals surface area contributed by atoms with Crippen molar-refractivity contribution in [1.29, 1.82) is 0 Å². The maximum Gasteiger partial charge on any atom is 0.325 e. The van der Waals surface area contributed by atoms with Crippen molar-refractivity contribution < 1.29 is 19.1 Å². The molecule has 1 atom stereocenters. The number of carbonyl (C=O) groups excluding carboxylic acids is 3. The van der Waals surface area contributed by atoms with Gasteiger partial charge in [-0.05, 0) is 55.2 Å². The number of amides is 4. The largest absolute Gasteiger partial charge is 0.497 e. The van der Waals surface area contributed by atoms with Gasteiger partial charge in [-0.15, -0.1) is 0 Å². The van der Waals surface area contributed by atoms with E-state index in [0.717, 1.165) is 16.0 Å². The average Bonchev–Trinajstić information content (AvgIpc) is 2.96. The van der Waals surface area contributed by atoms with Gasteiger partial charge >= 0.3 is 6.03 Å². The predicted octanol–water partition coefficient (Wildman–Crippen LogP) is 3.76. The Kier molecular flexibility index (Phi) is 6.03. The van der Waals surface area contributed by atoms with Crippen molar-refractivity contribution in [2.24, 2.45) is 0 Å². The van der Waals surface area contributed by atoms with Gasteiger partial charge in [0.15, 0.2) is 0 Å². The van der Waals surface area contributed by atoms with Crippen molar-refractivity contribution in [3.8, 4) is 5.75 Å². The number of urea groups is 1. The average molecular weight is 430 g/mol. The molecule has 0 unspecified atom stereocenters. The van der Waals surface area contributed by atoms with Crippen LogP contribution in [0.1, 0.15) is 30.0 Å². The fourth-order valence-electron chi connectivity index (χ4n) is 3.68. The highest BCUT2D eigenvalue weighted by Crippen LogP contribution is 2.33. The van der Waals surface area contributed by atoms with Gasteiger partial charge in [-0.25, -0.2) is 4.79 Å². The van der Waals surface area contributed by atoms with Gasteiger partial charge in [0, 0.05) is 0 Å². The molecule has 1 aliphatic heterocycles. The van der Waals surface area contributed by atoms with E-state index < -0.39 is 29.9 Å². The first kappa shape index (κ1) is 21.6. The second-order valence-electron chi connectivity index (χ2n) is 7.30. The zero-order valence-corrected chi connectivity index (χ0v) is 18.1. The van der Waals surface area contributed by atoms with Crippen LogP contribution in [0.25, 0.3) is 0 Å². The summed E-state index contributed by atoms with van der Waals surface area (Å²) in [5, 5.41) is 5.88. The van der Waals surface area contributed by atoms with Crippen LogP contribution in [0.2, 0.25) is 5.02 Å². The SMILES string of the molecule is CC[C@@]1(c2ccc(OC)cc2)NC(=O)N(CC(=O)Nc2c(C)cc(C)cc2Cl)C1=O. The van der Waals surface area contributed by atoms with Crippen LogP contribution in [0, 0.1) is 13.8 Å². The van der Waals surface area contributed by atoms with Crippen molar-refractivity contribution in [3.63, 3.8) is 0 Å². The molecule has 0 saturated carbocycles. The molecule has 1 heterocycles. The van der Waals surface area contributed by atoms with E-state index in [1.54, 1.807) is 44.4 Å². The Balaban J connectivity index is 1.81. The van der Waals surface area contributed by atoms with Gasteiger partial charge in [-0.3, -0.25) is 14.5 Å². The molecule has 0 aliphatic carbocycles. The number of ether oxygens (including phenoxy) is 1. The molecule has 1 fully saturated rings. The lowest BCUT2D eigenvalue weighted by molar-refractivity contribution is -0.134. The molecule has 7 nitrogen and oxygen atoms in total. The molecular weight excluding hydrogens is 406 g/mol. The standard InChI is InChI=1S/C22H24ClN3O4/c1-5-22(15-6-8-16(30-4)9-7-15)20(28)26(21(29)25-22)12-18(27)24-19-14(3)10-13(2)11-17(19)23/h6-11H,5,12H2,1-4H3,(H,24,27)(H,25,29)/t22-/m0/s1. The summed E-state index contributed by atoms with van der Waals surface area (Å²) in [5.74, 6) is -0.334. The summed E-state index contributed by atoms with van der Waals surface area (Å²) in [4.78, 5) is 39.3. The number of aryl methyl sites for hydroxylation is 2. The van der Waals surface area contributed by atoms with Crippen LogP contribution in [0.15, 0.2) is 36.4 Å². The normalized spacial score (nSPS) is 18.4. The number of anilines is 1. The number of halogens is 1. The van der Waals surface area contributed by atoms with Gasteiger partial charge in [-0.1, -0.05) is 36.7 Å². The minimum absolute atomic E-state index is 0.338. The first-order chi connectivity index (χ1) is 14.2. The van der Waals surface area contributed by atoms with E-state index in [0.29, 0.717) is 28.4 Å². The maximum absolute atomic E-state index is 13.2. The molecule has 0 radical (unpaired) electrons. The highest BCUT2D eigenvalue weighted by Gasteiger charge is 2.51. The summed E-state index contributed by atoms with van der Waals surface area (Å²) in [6.45, 7) is 5.13. The van der Waals surface area contributed by atoms with E-state index >= 15 is 0 Å². The third-order valence-electron chi connectivity index (χ3n) is 5.29. The number of hydrogen-bond donors (Lipinski definition) is 2. The Morgan fingerprint density at radius 2 is 1.87 bits per heavy atom. The fourth-order valence-corrected chi connectivity index (χ4v) is 4.05. The quantitative estimate of drug-likeness (QED) is 0.684. The number of nitrogens with zero attached hydrogens (tertiary/aromatic N) is 1. The second kappa shape index (κ2) is 8.36. The number of rotatable bonds is 6. The van der Waals surface area contributed by atoms with Crippen LogP contribution in [0.4, 0.5) is 10.5 Å². The molecular formula is C22H24ClN3O4. The lowest BCUT2D eigenvalue weighted by atomic mass is 9.87. The lowest BCUT2D eigenvalue weighted by Gasteiger charge is -2.26. The van der Waals surface area contributed by atoms with E-state index in [2.05, 4.69) is 10.6 Å². The van der Waals surface area contributed by atoms with Gasteiger partial charge in [0.25, 0.3) is 5.91 Å². The molecule has 3 rings (SSSR count). The number of benzene rings is 2. The van der Waals surface area contributed by atoms with E-state index in [4.69, 9.17) is 16.3 Å². The van der Waals surface area contributed by atoms with Crippen molar-refractivity contribution in [2.45, 2.75) is 32.7 Å². The van der Waals surface area contributed by atoms with Crippen molar-refractivity contribution >= 4 is 35.1 Å². The van der Waals surface area contributed by atoms with E-state index in [1.165, 1.54) is 0 Å². The molecule has 1 aliphatic rings.